The van der Waals surface area contributed by atoms with Crippen LogP contribution in [0.25, 0.3) is 0 Å². The first kappa shape index (κ1) is 15.9. The van der Waals surface area contributed by atoms with Crippen LogP contribution in [0.15, 0.2) is 28.7 Å². The van der Waals surface area contributed by atoms with E-state index in [1.165, 1.54) is 18.4 Å². The van der Waals surface area contributed by atoms with Crippen LogP contribution in [-0.4, -0.2) is 15.2 Å². The van der Waals surface area contributed by atoms with Crippen LogP contribution < -0.4 is 0 Å². The molecule has 4 heteroatoms. The van der Waals surface area contributed by atoms with Gasteiger partial charge in [-0.05, 0) is 69.6 Å². The first-order valence-corrected chi connectivity index (χ1v) is 8.47. The van der Waals surface area contributed by atoms with Crippen molar-refractivity contribution in [3.8, 4) is 6.07 Å². The van der Waals surface area contributed by atoms with Crippen LogP contribution in [0.1, 0.15) is 57.1 Å². The molecule has 3 nitrogen and oxygen atoms in total. The van der Waals surface area contributed by atoms with E-state index in [-0.39, 0.29) is 4.75 Å². The van der Waals surface area contributed by atoms with Crippen LogP contribution >= 0.6 is 0 Å². The largest absolute Gasteiger partial charge is 0.234 e. The summed E-state index contributed by atoms with van der Waals surface area (Å²) in [6.07, 6.45) is 5.14. The van der Waals surface area contributed by atoms with Crippen molar-refractivity contribution in [2.24, 2.45) is 10.3 Å². The molecular weight excluding hydrogens is 280 g/mol. The first-order valence-electron chi connectivity index (χ1n) is 7.36. The SMILES string of the molecule is CC(C)(C)S(=O)N=CCC(c1ccc(C#N)cc1)C1CC1. The number of hydrogen-bond donors (Lipinski definition) is 0. The minimum absolute atomic E-state index is 0.306. The monoisotopic (exact) mass is 302 g/mol. The van der Waals surface area contributed by atoms with E-state index in [1.54, 1.807) is 0 Å². The van der Waals surface area contributed by atoms with E-state index in [1.807, 2.05) is 51.3 Å². The maximum absolute atomic E-state index is 11.9. The van der Waals surface area contributed by atoms with Crippen molar-refractivity contribution in [1.82, 2.24) is 0 Å². The van der Waals surface area contributed by atoms with Gasteiger partial charge >= 0.3 is 0 Å². The highest BCUT2D eigenvalue weighted by Crippen LogP contribution is 2.44. The van der Waals surface area contributed by atoms with Crippen molar-refractivity contribution in [2.75, 3.05) is 0 Å². The van der Waals surface area contributed by atoms with Crippen LogP contribution in [0.2, 0.25) is 0 Å². The van der Waals surface area contributed by atoms with Gasteiger partial charge in [-0.1, -0.05) is 12.1 Å². The first-order chi connectivity index (χ1) is 9.91. The number of nitrogens with zero attached hydrogens (tertiary/aromatic N) is 2. The Labute approximate surface area is 129 Å². The van der Waals surface area contributed by atoms with Crippen LogP contribution in [0, 0.1) is 17.2 Å². The van der Waals surface area contributed by atoms with E-state index >= 15 is 0 Å². The minimum Gasteiger partial charge on any atom is -0.234 e. The topological polar surface area (TPSA) is 53.2 Å². The fourth-order valence-electron chi connectivity index (χ4n) is 2.29. The Kier molecular flexibility index (Phi) is 4.95. The summed E-state index contributed by atoms with van der Waals surface area (Å²) in [4.78, 5) is 0. The molecule has 1 fully saturated rings. The molecule has 1 saturated carbocycles. The summed E-state index contributed by atoms with van der Waals surface area (Å²) in [6, 6.07) is 9.96. The fourth-order valence-corrected chi connectivity index (χ4v) is 2.82. The molecule has 0 saturated heterocycles. The van der Waals surface area contributed by atoms with Crippen LogP contribution in [0.5, 0.6) is 0 Å². The molecule has 2 rings (SSSR count). The van der Waals surface area contributed by atoms with E-state index in [4.69, 9.17) is 5.26 Å². The van der Waals surface area contributed by atoms with E-state index in [0.29, 0.717) is 17.4 Å². The van der Waals surface area contributed by atoms with Gasteiger partial charge in [-0.15, -0.1) is 0 Å². The fraction of sp³-hybridized carbons (Fsp3) is 0.529. The molecule has 0 spiro atoms. The lowest BCUT2D eigenvalue weighted by Crippen LogP contribution is -2.19. The maximum Gasteiger partial charge on any atom is 0.144 e. The van der Waals surface area contributed by atoms with Crippen molar-refractivity contribution in [1.29, 1.82) is 5.26 Å². The average Bonchev–Trinajstić information content (AvgIpc) is 3.27. The van der Waals surface area contributed by atoms with Gasteiger partial charge < -0.3 is 0 Å². The van der Waals surface area contributed by atoms with Gasteiger partial charge in [0.25, 0.3) is 0 Å². The van der Waals surface area contributed by atoms with Gasteiger partial charge in [0.15, 0.2) is 0 Å². The Bertz CT molecular complexity index is 574. The van der Waals surface area contributed by atoms with Crippen molar-refractivity contribution in [3.63, 3.8) is 0 Å². The van der Waals surface area contributed by atoms with Gasteiger partial charge in [0, 0.05) is 6.21 Å². The van der Waals surface area contributed by atoms with Gasteiger partial charge in [0.05, 0.1) is 16.4 Å². The lowest BCUT2D eigenvalue weighted by Gasteiger charge is -2.16. The molecule has 1 aliphatic carbocycles. The molecule has 0 bridgehead atoms. The van der Waals surface area contributed by atoms with E-state index in [0.717, 1.165) is 6.42 Å². The molecule has 2 atom stereocenters. The summed E-state index contributed by atoms with van der Waals surface area (Å²) in [5.74, 6) is 1.13. The highest BCUT2D eigenvalue weighted by Gasteiger charge is 2.31. The third-order valence-corrected chi connectivity index (χ3v) is 5.10. The standard InChI is InChI=1S/C17H22N2OS/c1-17(2,3)21(20)19-11-10-16(15-8-9-15)14-6-4-13(12-18)5-7-14/h4-7,11,15-16H,8-10H2,1-3H3. The summed E-state index contributed by atoms with van der Waals surface area (Å²) >= 11 is 0. The predicted molar refractivity (Wildman–Crippen MR) is 87.6 cm³/mol. The second-order valence-electron chi connectivity index (χ2n) is 6.56. The van der Waals surface area contributed by atoms with Crippen molar-refractivity contribution < 1.29 is 4.21 Å². The number of hydrogen-bond acceptors (Lipinski definition) is 2. The quantitative estimate of drug-likeness (QED) is 0.773. The van der Waals surface area contributed by atoms with Gasteiger partial charge in [0.1, 0.15) is 11.0 Å². The summed E-state index contributed by atoms with van der Waals surface area (Å²) in [5.41, 5.74) is 1.94. The average molecular weight is 302 g/mol. The smallest absolute Gasteiger partial charge is 0.144 e. The summed E-state index contributed by atoms with van der Waals surface area (Å²) in [7, 11) is -1.18. The highest BCUT2D eigenvalue weighted by atomic mass is 32.2. The Hall–Kier alpha value is -1.47. The van der Waals surface area contributed by atoms with E-state index in [9.17, 15) is 4.21 Å². The summed E-state index contributed by atoms with van der Waals surface area (Å²) in [6.45, 7) is 5.79. The Morgan fingerprint density at radius 1 is 1.38 bits per heavy atom. The third kappa shape index (κ3) is 4.50. The second kappa shape index (κ2) is 6.53. The molecule has 0 aromatic heterocycles. The molecule has 21 heavy (non-hydrogen) atoms. The highest BCUT2D eigenvalue weighted by molar-refractivity contribution is 7.85. The van der Waals surface area contributed by atoms with Crippen molar-refractivity contribution in [2.45, 2.75) is 50.7 Å². The molecule has 0 N–H and O–H groups in total. The summed E-state index contributed by atoms with van der Waals surface area (Å²) in [5, 5.41) is 8.86. The molecule has 0 amide bonds. The predicted octanol–water partition coefficient (Wildman–Crippen LogP) is 3.97. The zero-order valence-electron chi connectivity index (χ0n) is 12.9. The number of nitriles is 1. The normalized spacial score (nSPS) is 18.4. The lowest BCUT2D eigenvalue weighted by atomic mass is 9.91. The Balaban J connectivity index is 2.05. The van der Waals surface area contributed by atoms with Gasteiger partial charge in [-0.3, -0.25) is 0 Å². The van der Waals surface area contributed by atoms with Crippen LogP contribution in [-0.2, 0) is 11.0 Å². The molecule has 112 valence electrons. The number of benzene rings is 1. The van der Waals surface area contributed by atoms with E-state index in [2.05, 4.69) is 10.5 Å². The molecule has 1 aromatic carbocycles. The van der Waals surface area contributed by atoms with Crippen LogP contribution in [0.4, 0.5) is 0 Å². The molecule has 1 aliphatic rings. The third-order valence-electron chi connectivity index (χ3n) is 3.71. The minimum atomic E-state index is -1.18. The molecule has 2 unspecified atom stereocenters. The molecule has 0 radical (unpaired) electrons. The van der Waals surface area contributed by atoms with Crippen molar-refractivity contribution in [3.05, 3.63) is 35.4 Å². The molecule has 0 heterocycles. The molecule has 0 aliphatic heterocycles. The molecule has 1 aromatic rings. The van der Waals surface area contributed by atoms with Crippen LogP contribution in [0.3, 0.4) is 0 Å². The van der Waals surface area contributed by atoms with Gasteiger partial charge in [-0.25, -0.2) is 4.21 Å². The molecular formula is C17H22N2OS. The summed E-state index contributed by atoms with van der Waals surface area (Å²) < 4.78 is 15.8. The zero-order chi connectivity index (χ0) is 15.5. The Morgan fingerprint density at radius 2 is 2.00 bits per heavy atom. The van der Waals surface area contributed by atoms with Crippen molar-refractivity contribution >= 4 is 17.2 Å². The number of rotatable bonds is 5. The maximum atomic E-state index is 11.9. The second-order valence-corrected chi connectivity index (χ2v) is 8.50. The Morgan fingerprint density at radius 3 is 2.48 bits per heavy atom. The van der Waals surface area contributed by atoms with Gasteiger partial charge in [0.2, 0.25) is 0 Å². The van der Waals surface area contributed by atoms with E-state index < -0.39 is 11.0 Å². The lowest BCUT2D eigenvalue weighted by molar-refractivity contribution is 0.631. The van der Waals surface area contributed by atoms with Gasteiger partial charge in [-0.2, -0.15) is 9.66 Å². The zero-order valence-corrected chi connectivity index (χ0v) is 13.7.